The quantitative estimate of drug-likeness (QED) is 0.842. The van der Waals surface area contributed by atoms with Crippen LogP contribution in [-0.2, 0) is 0 Å². The van der Waals surface area contributed by atoms with Gasteiger partial charge in [0.05, 0.1) is 0 Å². The zero-order valence-electron chi connectivity index (χ0n) is 10.8. The number of aliphatic hydroxyl groups excluding tert-OH is 1. The molecule has 0 aliphatic heterocycles. The molecule has 0 bridgehead atoms. The van der Waals surface area contributed by atoms with E-state index in [1.165, 1.54) is 32.1 Å². The lowest BCUT2D eigenvalue weighted by Gasteiger charge is -2.17. The number of nitrogens with two attached hydrogens (primary N) is 1. The Labute approximate surface area is 109 Å². The molecule has 1 saturated carbocycles. The summed E-state index contributed by atoms with van der Waals surface area (Å²) < 4.78 is 5.60. The van der Waals surface area contributed by atoms with Gasteiger partial charge in [-0.15, -0.1) is 0 Å². The average Bonchev–Trinajstić information content (AvgIpc) is 2.87. The summed E-state index contributed by atoms with van der Waals surface area (Å²) in [6.45, 7) is 0.467. The van der Waals surface area contributed by atoms with E-state index in [9.17, 15) is 5.11 Å². The summed E-state index contributed by atoms with van der Waals surface area (Å²) in [4.78, 5) is 0. The van der Waals surface area contributed by atoms with Crippen molar-refractivity contribution in [1.82, 2.24) is 0 Å². The molecule has 0 spiro atoms. The molecule has 0 aromatic carbocycles. The van der Waals surface area contributed by atoms with Gasteiger partial charge >= 0.3 is 0 Å². The Kier molecular flexibility index (Phi) is 5.02. The zero-order valence-corrected chi connectivity index (χ0v) is 10.8. The first-order valence-corrected chi connectivity index (χ1v) is 6.95. The Morgan fingerprint density at radius 3 is 2.83 bits per heavy atom. The van der Waals surface area contributed by atoms with Crippen molar-refractivity contribution >= 4 is 6.08 Å². The van der Waals surface area contributed by atoms with Crippen molar-refractivity contribution in [2.75, 3.05) is 6.54 Å². The van der Waals surface area contributed by atoms with E-state index in [1.54, 1.807) is 0 Å². The molecule has 1 aliphatic rings. The molecule has 18 heavy (non-hydrogen) atoms. The van der Waals surface area contributed by atoms with Gasteiger partial charge in [0, 0.05) is 0 Å². The molecular formula is C15H23NO2. The zero-order chi connectivity index (χ0) is 12.8. The van der Waals surface area contributed by atoms with Gasteiger partial charge in [-0.1, -0.05) is 25.3 Å². The van der Waals surface area contributed by atoms with Gasteiger partial charge in [0.1, 0.15) is 17.6 Å². The molecule has 0 radical (unpaired) electrons. The second-order valence-electron chi connectivity index (χ2n) is 5.09. The van der Waals surface area contributed by atoms with Gasteiger partial charge < -0.3 is 15.3 Å². The highest BCUT2D eigenvalue weighted by molar-refractivity contribution is 5.43. The van der Waals surface area contributed by atoms with E-state index < -0.39 is 6.10 Å². The van der Waals surface area contributed by atoms with Crippen molar-refractivity contribution in [3.63, 3.8) is 0 Å². The van der Waals surface area contributed by atoms with Gasteiger partial charge in [0.2, 0.25) is 0 Å². The third-order valence-corrected chi connectivity index (χ3v) is 3.60. The third-order valence-electron chi connectivity index (χ3n) is 3.60. The van der Waals surface area contributed by atoms with Gasteiger partial charge in [-0.3, -0.25) is 0 Å². The molecule has 1 fully saturated rings. The van der Waals surface area contributed by atoms with E-state index in [0.717, 1.165) is 5.76 Å². The van der Waals surface area contributed by atoms with Crippen molar-refractivity contribution in [2.24, 2.45) is 11.7 Å². The molecular weight excluding hydrogens is 226 g/mol. The lowest BCUT2D eigenvalue weighted by Crippen LogP contribution is -2.05. The maximum absolute atomic E-state index is 9.75. The van der Waals surface area contributed by atoms with Crippen LogP contribution in [0.5, 0.6) is 0 Å². The standard InChI is InChI=1S/C15H23NO2/c16-11-10-14(17)15-9-8-13(18-15)7-6-12-4-2-1-3-5-12/h6-9,12,14,17H,1-5,10-11,16H2. The third kappa shape index (κ3) is 3.72. The topological polar surface area (TPSA) is 59.4 Å². The maximum atomic E-state index is 9.75. The number of aliphatic hydroxyl groups is 1. The van der Waals surface area contributed by atoms with Crippen LogP contribution in [0, 0.1) is 5.92 Å². The van der Waals surface area contributed by atoms with Crippen LogP contribution in [0.2, 0.25) is 0 Å². The molecule has 2 rings (SSSR count). The largest absolute Gasteiger partial charge is 0.459 e. The van der Waals surface area contributed by atoms with Crippen LogP contribution in [-0.4, -0.2) is 11.7 Å². The molecule has 0 amide bonds. The summed E-state index contributed by atoms with van der Waals surface area (Å²) in [5, 5.41) is 9.75. The van der Waals surface area contributed by atoms with E-state index >= 15 is 0 Å². The second kappa shape index (κ2) is 6.76. The molecule has 1 heterocycles. The van der Waals surface area contributed by atoms with Crippen LogP contribution in [0.25, 0.3) is 6.08 Å². The van der Waals surface area contributed by atoms with Crippen molar-refractivity contribution in [1.29, 1.82) is 0 Å². The fourth-order valence-corrected chi connectivity index (χ4v) is 2.49. The molecule has 3 N–H and O–H groups in total. The van der Waals surface area contributed by atoms with E-state index in [1.807, 2.05) is 18.2 Å². The Morgan fingerprint density at radius 2 is 2.11 bits per heavy atom. The Bertz CT molecular complexity index is 378. The van der Waals surface area contributed by atoms with Gasteiger partial charge in [0.25, 0.3) is 0 Å². The number of rotatable bonds is 5. The minimum Gasteiger partial charge on any atom is -0.459 e. The molecule has 1 unspecified atom stereocenters. The Morgan fingerprint density at radius 1 is 1.33 bits per heavy atom. The number of hydrogen-bond acceptors (Lipinski definition) is 3. The van der Waals surface area contributed by atoms with E-state index in [0.29, 0.717) is 24.6 Å². The van der Waals surface area contributed by atoms with Gasteiger partial charge in [-0.25, -0.2) is 0 Å². The number of allylic oxidation sites excluding steroid dienone is 1. The second-order valence-corrected chi connectivity index (χ2v) is 5.09. The molecule has 1 aromatic rings. The SMILES string of the molecule is NCCC(O)c1ccc(C=CC2CCCCC2)o1. The lowest BCUT2D eigenvalue weighted by atomic mass is 9.89. The van der Waals surface area contributed by atoms with Crippen molar-refractivity contribution in [3.05, 3.63) is 29.7 Å². The van der Waals surface area contributed by atoms with Crippen LogP contribution in [0.15, 0.2) is 22.6 Å². The highest BCUT2D eigenvalue weighted by atomic mass is 16.4. The first kappa shape index (κ1) is 13.4. The van der Waals surface area contributed by atoms with E-state index in [4.69, 9.17) is 10.2 Å². The minimum atomic E-state index is -0.577. The molecule has 1 aliphatic carbocycles. The highest BCUT2D eigenvalue weighted by Gasteiger charge is 2.12. The smallest absolute Gasteiger partial charge is 0.133 e. The van der Waals surface area contributed by atoms with E-state index in [-0.39, 0.29) is 0 Å². The highest BCUT2D eigenvalue weighted by Crippen LogP contribution is 2.26. The van der Waals surface area contributed by atoms with Crippen LogP contribution < -0.4 is 5.73 Å². The van der Waals surface area contributed by atoms with Crippen LogP contribution in [0.3, 0.4) is 0 Å². The number of furan rings is 1. The Balaban J connectivity index is 1.91. The fraction of sp³-hybridized carbons (Fsp3) is 0.600. The minimum absolute atomic E-state index is 0.467. The number of hydrogen-bond donors (Lipinski definition) is 2. The normalized spacial score (nSPS) is 19.4. The van der Waals surface area contributed by atoms with Crippen LogP contribution >= 0.6 is 0 Å². The first-order chi connectivity index (χ1) is 8.79. The summed E-state index contributed by atoms with van der Waals surface area (Å²) in [7, 11) is 0. The molecule has 1 aromatic heterocycles. The van der Waals surface area contributed by atoms with Gasteiger partial charge in [0.15, 0.2) is 0 Å². The summed E-state index contributed by atoms with van der Waals surface area (Å²) in [5.41, 5.74) is 5.41. The van der Waals surface area contributed by atoms with Crippen molar-refractivity contribution < 1.29 is 9.52 Å². The van der Waals surface area contributed by atoms with E-state index in [2.05, 4.69) is 6.08 Å². The Hall–Kier alpha value is -1.06. The van der Waals surface area contributed by atoms with Crippen LogP contribution in [0.4, 0.5) is 0 Å². The first-order valence-electron chi connectivity index (χ1n) is 6.95. The molecule has 1 atom stereocenters. The van der Waals surface area contributed by atoms with Gasteiger partial charge in [-0.2, -0.15) is 0 Å². The monoisotopic (exact) mass is 249 g/mol. The van der Waals surface area contributed by atoms with Gasteiger partial charge in [-0.05, 0) is 49.9 Å². The molecule has 100 valence electrons. The summed E-state index contributed by atoms with van der Waals surface area (Å²) >= 11 is 0. The molecule has 3 nitrogen and oxygen atoms in total. The summed E-state index contributed by atoms with van der Waals surface area (Å²) in [6.07, 6.45) is 10.9. The average molecular weight is 249 g/mol. The molecule has 3 heteroatoms. The summed E-state index contributed by atoms with van der Waals surface area (Å²) in [6, 6.07) is 3.75. The predicted octanol–water partition coefficient (Wildman–Crippen LogP) is 3.26. The maximum Gasteiger partial charge on any atom is 0.133 e. The van der Waals surface area contributed by atoms with Crippen molar-refractivity contribution in [3.8, 4) is 0 Å². The van der Waals surface area contributed by atoms with Crippen LogP contribution in [0.1, 0.15) is 56.1 Å². The predicted molar refractivity (Wildman–Crippen MR) is 72.9 cm³/mol. The lowest BCUT2D eigenvalue weighted by molar-refractivity contribution is 0.142. The molecule has 0 saturated heterocycles. The fourth-order valence-electron chi connectivity index (χ4n) is 2.49. The van der Waals surface area contributed by atoms with Crippen molar-refractivity contribution in [2.45, 2.75) is 44.6 Å². The summed E-state index contributed by atoms with van der Waals surface area (Å²) in [5.74, 6) is 2.14.